The molecule has 0 aromatic rings. The van der Waals surface area contributed by atoms with Gasteiger partial charge in [-0.25, -0.2) is 0 Å². The highest BCUT2D eigenvalue weighted by molar-refractivity contribution is 5.77. The van der Waals surface area contributed by atoms with Crippen LogP contribution in [0.4, 0.5) is 0 Å². The van der Waals surface area contributed by atoms with Gasteiger partial charge in [-0.2, -0.15) is 0 Å². The van der Waals surface area contributed by atoms with Gasteiger partial charge in [0, 0.05) is 6.42 Å². The first-order chi connectivity index (χ1) is 27.0. The van der Waals surface area contributed by atoms with Crippen molar-refractivity contribution in [3.63, 3.8) is 0 Å². The maximum atomic E-state index is 13.1. The number of aliphatic hydroxyl groups excluding tert-OH is 2. The lowest BCUT2D eigenvalue weighted by Gasteiger charge is -2.24. The number of allylic oxidation sites excluding steroid dienone is 4. The minimum atomic E-state index is -0.787. The number of nitrogens with one attached hydrogen (secondary N) is 1. The Kier molecular flexibility index (Phi) is 42.2. The predicted molar refractivity (Wildman–Crippen MR) is 236 cm³/mol. The number of ether oxygens (including phenoxy) is 1. The van der Waals surface area contributed by atoms with Crippen LogP contribution in [-0.2, 0) is 14.3 Å². The third-order valence-corrected chi connectivity index (χ3v) is 11.0. The van der Waals surface area contributed by atoms with Crippen molar-refractivity contribution in [1.29, 1.82) is 0 Å². The number of carbonyl (C=O) groups excluding carboxylic acids is 2. The average molecular weight is 776 g/mol. The molecule has 324 valence electrons. The second-order valence-electron chi connectivity index (χ2n) is 16.5. The lowest BCUT2D eigenvalue weighted by molar-refractivity contribution is -0.151. The molecular weight excluding hydrogens is 683 g/mol. The fourth-order valence-electron chi connectivity index (χ4n) is 7.31. The summed E-state index contributed by atoms with van der Waals surface area (Å²) in [5, 5.41) is 23.6. The van der Waals surface area contributed by atoms with Crippen molar-refractivity contribution in [3.05, 3.63) is 24.3 Å². The van der Waals surface area contributed by atoms with Gasteiger partial charge in [0.15, 0.2) is 0 Å². The molecule has 0 saturated carbocycles. The predicted octanol–water partition coefficient (Wildman–Crippen LogP) is 14.0. The van der Waals surface area contributed by atoms with Crippen LogP contribution < -0.4 is 5.32 Å². The molecule has 0 aromatic carbocycles. The second kappa shape index (κ2) is 43.5. The summed E-state index contributed by atoms with van der Waals surface area (Å²) in [6, 6.07) is -0.702. The van der Waals surface area contributed by atoms with Crippen LogP contribution in [0.3, 0.4) is 0 Å². The standard InChI is InChI=1S/C49H93NO5/c1-4-7-10-13-16-19-21-23-24-25-26-28-30-33-36-39-42-49(54)55-45(40-37-34-31-18-15-12-9-6-3)43-48(53)50-46(44-51)47(52)41-38-35-32-29-27-22-20-17-14-11-8-5-2/h12,15,24-25,45-47,51-52H,4-11,13-14,16-23,26-44H2,1-3H3,(H,50,53)/b15-12-,25-24+. The number of amides is 1. The molecule has 0 fully saturated rings. The van der Waals surface area contributed by atoms with Crippen LogP contribution in [0.5, 0.6) is 0 Å². The number of rotatable bonds is 43. The van der Waals surface area contributed by atoms with E-state index in [1.54, 1.807) is 0 Å². The topological polar surface area (TPSA) is 95.9 Å². The van der Waals surface area contributed by atoms with Gasteiger partial charge in [-0.05, 0) is 70.6 Å². The van der Waals surface area contributed by atoms with E-state index in [-0.39, 0.29) is 24.9 Å². The van der Waals surface area contributed by atoms with Crippen LogP contribution in [0.2, 0.25) is 0 Å². The van der Waals surface area contributed by atoms with Gasteiger partial charge in [-0.1, -0.05) is 193 Å². The van der Waals surface area contributed by atoms with E-state index >= 15 is 0 Å². The summed E-state index contributed by atoms with van der Waals surface area (Å²) in [7, 11) is 0. The molecule has 0 aromatic heterocycles. The van der Waals surface area contributed by atoms with Crippen molar-refractivity contribution in [2.75, 3.05) is 6.61 Å². The van der Waals surface area contributed by atoms with Crippen LogP contribution in [0, 0.1) is 0 Å². The van der Waals surface area contributed by atoms with Gasteiger partial charge in [-0.3, -0.25) is 9.59 Å². The van der Waals surface area contributed by atoms with E-state index in [4.69, 9.17) is 4.74 Å². The Bertz CT molecular complexity index is 873. The van der Waals surface area contributed by atoms with Gasteiger partial charge in [-0.15, -0.1) is 0 Å². The van der Waals surface area contributed by atoms with E-state index in [0.29, 0.717) is 19.3 Å². The monoisotopic (exact) mass is 776 g/mol. The Balaban J connectivity index is 4.45. The van der Waals surface area contributed by atoms with E-state index in [0.717, 1.165) is 83.5 Å². The molecule has 0 aliphatic carbocycles. The molecule has 0 saturated heterocycles. The molecule has 3 N–H and O–H groups in total. The first-order valence-corrected chi connectivity index (χ1v) is 24.1. The number of carbonyl (C=O) groups is 2. The van der Waals surface area contributed by atoms with Crippen LogP contribution in [0.15, 0.2) is 24.3 Å². The van der Waals surface area contributed by atoms with Crippen LogP contribution >= 0.6 is 0 Å². The Labute approximate surface area is 341 Å². The summed E-state index contributed by atoms with van der Waals surface area (Å²) in [4.78, 5) is 25.9. The van der Waals surface area contributed by atoms with Gasteiger partial charge in [0.2, 0.25) is 5.91 Å². The third-order valence-electron chi connectivity index (χ3n) is 11.0. The molecule has 6 nitrogen and oxygen atoms in total. The van der Waals surface area contributed by atoms with Gasteiger partial charge in [0.25, 0.3) is 0 Å². The lowest BCUT2D eigenvalue weighted by Crippen LogP contribution is -2.46. The Morgan fingerprint density at radius 1 is 0.509 bits per heavy atom. The van der Waals surface area contributed by atoms with Crippen LogP contribution in [0.25, 0.3) is 0 Å². The normalized spacial score (nSPS) is 13.5. The molecule has 55 heavy (non-hydrogen) atoms. The fourth-order valence-corrected chi connectivity index (χ4v) is 7.31. The molecule has 0 aliphatic heterocycles. The second-order valence-corrected chi connectivity index (χ2v) is 16.5. The van der Waals surface area contributed by atoms with Gasteiger partial charge < -0.3 is 20.3 Å². The highest BCUT2D eigenvalue weighted by atomic mass is 16.5. The zero-order valence-corrected chi connectivity index (χ0v) is 36.8. The summed E-state index contributed by atoms with van der Waals surface area (Å²) < 4.78 is 5.88. The van der Waals surface area contributed by atoms with Gasteiger partial charge in [0.1, 0.15) is 6.10 Å². The first kappa shape index (κ1) is 53.3. The summed E-state index contributed by atoms with van der Waals surface area (Å²) in [6.07, 6.45) is 48.2. The van der Waals surface area contributed by atoms with Crippen molar-refractivity contribution in [3.8, 4) is 0 Å². The molecule has 0 heterocycles. The number of hydrogen-bond acceptors (Lipinski definition) is 5. The van der Waals surface area contributed by atoms with Gasteiger partial charge >= 0.3 is 5.97 Å². The number of unbranched alkanes of at least 4 members (excludes halogenated alkanes) is 27. The van der Waals surface area contributed by atoms with E-state index in [1.165, 1.54) is 122 Å². The zero-order valence-electron chi connectivity index (χ0n) is 36.8. The first-order valence-electron chi connectivity index (χ1n) is 24.1. The largest absolute Gasteiger partial charge is 0.462 e. The molecular formula is C49H93NO5. The van der Waals surface area contributed by atoms with Crippen molar-refractivity contribution >= 4 is 11.9 Å². The van der Waals surface area contributed by atoms with E-state index in [1.807, 2.05) is 0 Å². The van der Waals surface area contributed by atoms with E-state index in [2.05, 4.69) is 50.4 Å². The Morgan fingerprint density at radius 2 is 0.909 bits per heavy atom. The molecule has 6 heteroatoms. The van der Waals surface area contributed by atoms with Crippen molar-refractivity contribution in [2.24, 2.45) is 0 Å². The molecule has 0 rings (SSSR count). The lowest BCUT2D eigenvalue weighted by atomic mass is 10.0. The summed E-state index contributed by atoms with van der Waals surface area (Å²) in [6.45, 7) is 6.40. The number of hydrogen-bond donors (Lipinski definition) is 3. The van der Waals surface area contributed by atoms with E-state index < -0.39 is 18.2 Å². The maximum absolute atomic E-state index is 13.1. The molecule has 0 bridgehead atoms. The highest BCUT2D eigenvalue weighted by Crippen LogP contribution is 2.17. The van der Waals surface area contributed by atoms with E-state index in [9.17, 15) is 19.8 Å². The minimum Gasteiger partial charge on any atom is -0.462 e. The maximum Gasteiger partial charge on any atom is 0.306 e. The van der Waals surface area contributed by atoms with Crippen LogP contribution in [0.1, 0.15) is 252 Å². The molecule has 0 spiro atoms. The Hall–Kier alpha value is -1.66. The molecule has 3 unspecified atom stereocenters. The zero-order chi connectivity index (χ0) is 40.3. The number of aliphatic hydroxyl groups is 2. The minimum absolute atomic E-state index is 0.0659. The fraction of sp³-hybridized carbons (Fsp3) is 0.878. The molecule has 1 amide bonds. The Morgan fingerprint density at radius 3 is 1.38 bits per heavy atom. The summed E-state index contributed by atoms with van der Waals surface area (Å²) in [5.74, 6) is -0.496. The van der Waals surface area contributed by atoms with Gasteiger partial charge in [0.05, 0.1) is 25.2 Å². The third kappa shape index (κ3) is 39.0. The molecule has 0 radical (unpaired) electrons. The quantitative estimate of drug-likeness (QED) is 0.0326. The number of esters is 1. The van der Waals surface area contributed by atoms with Crippen molar-refractivity contribution in [2.45, 2.75) is 270 Å². The SMILES string of the molecule is CCC/C=C\CCCCCC(CC(=O)NC(CO)C(O)CCCCCCCCCCCCCC)OC(=O)CCCCCCC/C=C/CCCCCCCCC. The summed E-state index contributed by atoms with van der Waals surface area (Å²) in [5.41, 5.74) is 0. The molecule has 3 atom stereocenters. The average Bonchev–Trinajstić information content (AvgIpc) is 3.18. The van der Waals surface area contributed by atoms with Crippen molar-refractivity contribution in [1.82, 2.24) is 5.32 Å². The highest BCUT2D eigenvalue weighted by Gasteiger charge is 2.24. The van der Waals surface area contributed by atoms with Crippen LogP contribution in [-0.4, -0.2) is 46.9 Å². The summed E-state index contributed by atoms with van der Waals surface area (Å²) >= 11 is 0. The molecule has 0 aliphatic rings. The van der Waals surface area contributed by atoms with Crippen molar-refractivity contribution < 1.29 is 24.5 Å². The smallest absolute Gasteiger partial charge is 0.306 e.